The lowest BCUT2D eigenvalue weighted by Crippen LogP contribution is -2.35. The van der Waals surface area contributed by atoms with E-state index in [9.17, 15) is 14.7 Å². The zero-order valence-electron chi connectivity index (χ0n) is 12.9. The van der Waals surface area contributed by atoms with E-state index in [1.807, 2.05) is 6.07 Å². The molecule has 2 aromatic rings. The molecule has 1 fully saturated rings. The SMILES string of the molecule is COc1cc(C=C2C(=O)NN(c3ccccc3)C2=O)c(Br)c(Br)c1O. The highest BCUT2D eigenvalue weighted by Gasteiger charge is 2.34. The largest absolute Gasteiger partial charge is 0.503 e. The second kappa shape index (κ2) is 6.89. The highest BCUT2D eigenvalue weighted by molar-refractivity contribution is 9.13. The van der Waals surface area contributed by atoms with Crippen molar-refractivity contribution in [1.29, 1.82) is 0 Å². The molecule has 1 aliphatic rings. The van der Waals surface area contributed by atoms with Gasteiger partial charge in [-0.05, 0) is 61.7 Å². The van der Waals surface area contributed by atoms with Gasteiger partial charge in [-0.1, -0.05) is 18.2 Å². The summed E-state index contributed by atoms with van der Waals surface area (Å²) in [5, 5.41) is 11.2. The van der Waals surface area contributed by atoms with E-state index in [1.54, 1.807) is 24.3 Å². The van der Waals surface area contributed by atoms with Crippen LogP contribution in [-0.4, -0.2) is 24.0 Å². The van der Waals surface area contributed by atoms with Crippen LogP contribution >= 0.6 is 31.9 Å². The summed E-state index contributed by atoms with van der Waals surface area (Å²) >= 11 is 6.59. The van der Waals surface area contributed by atoms with Crippen LogP contribution in [0.3, 0.4) is 0 Å². The van der Waals surface area contributed by atoms with Crippen molar-refractivity contribution in [3.05, 3.63) is 56.5 Å². The van der Waals surface area contributed by atoms with Crippen molar-refractivity contribution >= 4 is 55.4 Å². The Kier molecular flexibility index (Phi) is 4.82. The van der Waals surface area contributed by atoms with Crippen LogP contribution in [0.15, 0.2) is 50.9 Å². The molecule has 0 unspecified atom stereocenters. The van der Waals surface area contributed by atoms with Gasteiger partial charge in [-0.3, -0.25) is 15.0 Å². The van der Waals surface area contributed by atoms with E-state index in [0.717, 1.165) is 0 Å². The Morgan fingerprint density at radius 3 is 2.48 bits per heavy atom. The van der Waals surface area contributed by atoms with Crippen LogP contribution < -0.4 is 15.2 Å². The predicted molar refractivity (Wildman–Crippen MR) is 100 cm³/mol. The summed E-state index contributed by atoms with van der Waals surface area (Å²) in [4.78, 5) is 24.8. The predicted octanol–water partition coefficient (Wildman–Crippen LogP) is 3.39. The van der Waals surface area contributed by atoms with E-state index in [0.29, 0.717) is 20.2 Å². The first-order valence-electron chi connectivity index (χ1n) is 7.11. The second-order valence-corrected chi connectivity index (χ2v) is 6.71. The number of nitrogens with one attached hydrogen (secondary N) is 1. The molecule has 2 N–H and O–H groups in total. The molecule has 128 valence electrons. The molecule has 2 aromatic carbocycles. The highest BCUT2D eigenvalue weighted by atomic mass is 79.9. The molecule has 25 heavy (non-hydrogen) atoms. The fourth-order valence-corrected chi connectivity index (χ4v) is 3.19. The maximum Gasteiger partial charge on any atom is 0.282 e. The molecule has 1 aliphatic heterocycles. The Balaban J connectivity index is 2.04. The number of phenolic OH excluding ortho intramolecular Hbond substituents is 1. The summed E-state index contributed by atoms with van der Waals surface area (Å²) in [7, 11) is 1.41. The Morgan fingerprint density at radius 2 is 1.84 bits per heavy atom. The van der Waals surface area contributed by atoms with Crippen molar-refractivity contribution in [3.8, 4) is 11.5 Å². The summed E-state index contributed by atoms with van der Waals surface area (Å²) in [6.45, 7) is 0. The monoisotopic (exact) mass is 466 g/mol. The van der Waals surface area contributed by atoms with Gasteiger partial charge in [0.25, 0.3) is 11.8 Å². The quantitative estimate of drug-likeness (QED) is 0.535. The topological polar surface area (TPSA) is 78.9 Å². The number of nitrogens with zero attached hydrogens (tertiary/aromatic N) is 1. The minimum atomic E-state index is -0.510. The third-order valence-corrected chi connectivity index (χ3v) is 5.76. The van der Waals surface area contributed by atoms with Gasteiger partial charge >= 0.3 is 0 Å². The fourth-order valence-electron chi connectivity index (χ4n) is 2.34. The van der Waals surface area contributed by atoms with Crippen molar-refractivity contribution in [1.82, 2.24) is 5.43 Å². The summed E-state index contributed by atoms with van der Waals surface area (Å²) in [5.41, 5.74) is 3.58. The Morgan fingerprint density at radius 1 is 1.16 bits per heavy atom. The molecular formula is C17H12Br2N2O4. The zero-order chi connectivity index (χ0) is 18.1. The van der Waals surface area contributed by atoms with Crippen LogP contribution in [-0.2, 0) is 9.59 Å². The van der Waals surface area contributed by atoms with E-state index >= 15 is 0 Å². The van der Waals surface area contributed by atoms with Gasteiger partial charge in [0, 0.05) is 4.47 Å². The smallest absolute Gasteiger partial charge is 0.282 e. The van der Waals surface area contributed by atoms with Crippen molar-refractivity contribution in [2.45, 2.75) is 0 Å². The third kappa shape index (κ3) is 3.14. The second-order valence-electron chi connectivity index (χ2n) is 5.12. The summed E-state index contributed by atoms with van der Waals surface area (Å²) in [5.74, 6) is -0.840. The Labute approximate surface area is 160 Å². The molecular weight excluding hydrogens is 456 g/mol. The van der Waals surface area contributed by atoms with Gasteiger partial charge in [0.2, 0.25) is 0 Å². The Hall–Kier alpha value is -2.32. The van der Waals surface area contributed by atoms with Crippen LogP contribution in [0, 0.1) is 0 Å². The van der Waals surface area contributed by atoms with E-state index in [1.165, 1.54) is 24.3 Å². The Bertz CT molecular complexity index is 897. The average Bonchev–Trinajstić information content (AvgIpc) is 2.91. The third-order valence-electron chi connectivity index (χ3n) is 3.60. The number of carbonyl (C=O) groups is 2. The molecule has 0 atom stereocenters. The molecule has 0 bridgehead atoms. The molecule has 0 spiro atoms. The number of para-hydroxylation sites is 1. The van der Waals surface area contributed by atoms with Gasteiger partial charge in [-0.25, -0.2) is 5.01 Å². The first-order valence-corrected chi connectivity index (χ1v) is 8.69. The number of hydrogen-bond donors (Lipinski definition) is 2. The fraction of sp³-hybridized carbons (Fsp3) is 0.0588. The lowest BCUT2D eigenvalue weighted by Gasteiger charge is -2.14. The van der Waals surface area contributed by atoms with Gasteiger partial charge in [-0.2, -0.15) is 0 Å². The van der Waals surface area contributed by atoms with E-state index in [2.05, 4.69) is 37.3 Å². The number of aromatic hydroxyl groups is 1. The van der Waals surface area contributed by atoms with Gasteiger partial charge < -0.3 is 9.84 Å². The minimum Gasteiger partial charge on any atom is -0.503 e. The number of anilines is 1. The zero-order valence-corrected chi connectivity index (χ0v) is 16.1. The van der Waals surface area contributed by atoms with Gasteiger partial charge in [0.15, 0.2) is 11.5 Å². The van der Waals surface area contributed by atoms with Crippen LogP contribution in [0.5, 0.6) is 11.5 Å². The number of halogens is 2. The molecule has 0 saturated carbocycles. The van der Waals surface area contributed by atoms with Crippen LogP contribution in [0.2, 0.25) is 0 Å². The van der Waals surface area contributed by atoms with Gasteiger partial charge in [-0.15, -0.1) is 0 Å². The summed E-state index contributed by atoms with van der Waals surface area (Å²) in [6, 6.07) is 10.3. The van der Waals surface area contributed by atoms with E-state index < -0.39 is 11.8 Å². The number of ether oxygens (including phenoxy) is 1. The molecule has 6 nitrogen and oxygen atoms in total. The van der Waals surface area contributed by atoms with Crippen LogP contribution in [0.25, 0.3) is 6.08 Å². The first kappa shape index (κ1) is 17.5. The van der Waals surface area contributed by atoms with Crippen molar-refractivity contribution < 1.29 is 19.4 Å². The normalized spacial score (nSPS) is 15.6. The maximum atomic E-state index is 12.6. The maximum absolute atomic E-state index is 12.6. The van der Waals surface area contributed by atoms with Gasteiger partial charge in [0.05, 0.1) is 17.3 Å². The lowest BCUT2D eigenvalue weighted by atomic mass is 10.1. The number of rotatable bonds is 3. The van der Waals surface area contributed by atoms with Crippen LogP contribution in [0.4, 0.5) is 5.69 Å². The number of phenols is 1. The molecule has 2 amide bonds. The highest BCUT2D eigenvalue weighted by Crippen LogP contribution is 2.42. The van der Waals surface area contributed by atoms with Crippen molar-refractivity contribution in [2.24, 2.45) is 0 Å². The lowest BCUT2D eigenvalue weighted by molar-refractivity contribution is -0.117. The molecule has 0 aliphatic carbocycles. The van der Waals surface area contributed by atoms with Crippen LogP contribution in [0.1, 0.15) is 5.56 Å². The summed E-state index contributed by atoms with van der Waals surface area (Å²) < 4.78 is 5.97. The molecule has 3 rings (SSSR count). The number of methoxy groups -OCH3 is 1. The molecule has 1 heterocycles. The molecule has 8 heteroatoms. The van der Waals surface area contributed by atoms with E-state index in [4.69, 9.17) is 4.74 Å². The number of hydrazine groups is 1. The summed E-state index contributed by atoms with van der Waals surface area (Å²) in [6.07, 6.45) is 1.44. The molecule has 0 radical (unpaired) electrons. The van der Waals surface area contributed by atoms with E-state index in [-0.39, 0.29) is 17.1 Å². The number of hydrogen-bond acceptors (Lipinski definition) is 4. The minimum absolute atomic E-state index is 0.0239. The average molecular weight is 468 g/mol. The standard InChI is InChI=1S/C17H12Br2N2O4/c1-25-12-8-9(13(18)14(19)15(12)22)7-11-16(23)20-21(17(11)24)10-5-3-2-4-6-10/h2-8,22H,1H3,(H,20,23). The number of amides is 2. The van der Waals surface area contributed by atoms with Crippen molar-refractivity contribution in [2.75, 3.05) is 12.1 Å². The first-order chi connectivity index (χ1) is 11.9. The van der Waals surface area contributed by atoms with Gasteiger partial charge in [0.1, 0.15) is 5.57 Å². The number of carbonyl (C=O) groups excluding carboxylic acids is 2. The van der Waals surface area contributed by atoms with Crippen molar-refractivity contribution in [3.63, 3.8) is 0 Å². The number of benzene rings is 2. The molecule has 1 saturated heterocycles. The molecule has 0 aromatic heterocycles.